The van der Waals surface area contributed by atoms with Crippen LogP contribution in [0.25, 0.3) is 0 Å². The van der Waals surface area contributed by atoms with E-state index >= 15 is 0 Å². The van der Waals surface area contributed by atoms with E-state index in [0.717, 1.165) is 0 Å². The summed E-state index contributed by atoms with van der Waals surface area (Å²) in [6.45, 7) is 0. The molecule has 46 valence electrons. The Morgan fingerprint density at radius 2 is 2.12 bits per heavy atom. The van der Waals surface area contributed by atoms with E-state index in [1.54, 1.807) is 0 Å². The SMILES string of the molecule is Br[C@H]1C=CCC[C@@H]1Br. The van der Waals surface area contributed by atoms with Crippen LogP contribution in [-0.4, -0.2) is 9.65 Å². The largest absolute Gasteiger partial charge is 0.0875 e. The minimum Gasteiger partial charge on any atom is -0.0875 e. The van der Waals surface area contributed by atoms with Gasteiger partial charge in [0.25, 0.3) is 0 Å². The van der Waals surface area contributed by atoms with Gasteiger partial charge in [-0.3, -0.25) is 0 Å². The van der Waals surface area contributed by atoms with E-state index in [9.17, 15) is 0 Å². The molecular formula is C6H8Br2. The minimum atomic E-state index is 0.552. The molecule has 8 heavy (non-hydrogen) atoms. The molecule has 0 spiro atoms. The third-order valence-electron chi connectivity index (χ3n) is 1.27. The number of hydrogen-bond acceptors (Lipinski definition) is 0. The second-order valence-corrected chi connectivity index (χ2v) is 4.20. The van der Waals surface area contributed by atoms with E-state index in [-0.39, 0.29) is 0 Å². The van der Waals surface area contributed by atoms with Gasteiger partial charge in [0, 0.05) is 9.65 Å². The van der Waals surface area contributed by atoms with Gasteiger partial charge in [-0.1, -0.05) is 44.0 Å². The van der Waals surface area contributed by atoms with Gasteiger partial charge in [-0.2, -0.15) is 0 Å². The molecule has 0 aromatic carbocycles. The Hall–Kier alpha value is 0.700. The molecule has 2 atom stereocenters. The van der Waals surface area contributed by atoms with E-state index in [2.05, 4.69) is 44.0 Å². The predicted octanol–water partition coefficient (Wildman–Crippen LogP) is 2.86. The molecule has 0 aromatic rings. The Morgan fingerprint density at radius 3 is 2.50 bits per heavy atom. The first-order valence-corrected chi connectivity index (χ1v) is 4.58. The molecular weight excluding hydrogens is 232 g/mol. The molecule has 1 aliphatic rings. The van der Waals surface area contributed by atoms with Gasteiger partial charge in [0.1, 0.15) is 0 Å². The van der Waals surface area contributed by atoms with Crippen LogP contribution in [0.4, 0.5) is 0 Å². The van der Waals surface area contributed by atoms with Crippen molar-refractivity contribution in [2.45, 2.75) is 22.5 Å². The van der Waals surface area contributed by atoms with E-state index in [0.29, 0.717) is 9.65 Å². The van der Waals surface area contributed by atoms with Crippen molar-refractivity contribution >= 4 is 31.9 Å². The fourth-order valence-electron chi connectivity index (χ4n) is 0.761. The summed E-state index contributed by atoms with van der Waals surface area (Å²) in [6, 6.07) is 0. The Morgan fingerprint density at radius 1 is 1.38 bits per heavy atom. The first-order valence-electron chi connectivity index (χ1n) is 2.75. The summed E-state index contributed by atoms with van der Waals surface area (Å²) in [7, 11) is 0. The van der Waals surface area contributed by atoms with Crippen LogP contribution in [0.2, 0.25) is 0 Å². The maximum absolute atomic E-state index is 3.56. The predicted molar refractivity (Wildman–Crippen MR) is 43.8 cm³/mol. The van der Waals surface area contributed by atoms with Crippen molar-refractivity contribution in [1.82, 2.24) is 0 Å². The number of rotatable bonds is 0. The van der Waals surface area contributed by atoms with E-state index in [4.69, 9.17) is 0 Å². The number of alkyl halides is 2. The average Bonchev–Trinajstić information content (AvgIpc) is 1.77. The molecule has 0 fully saturated rings. The van der Waals surface area contributed by atoms with Crippen LogP contribution < -0.4 is 0 Å². The second-order valence-electron chi connectivity index (χ2n) is 1.97. The summed E-state index contributed by atoms with van der Waals surface area (Å²) in [6.07, 6.45) is 6.89. The van der Waals surface area contributed by atoms with Crippen LogP contribution in [0.5, 0.6) is 0 Å². The number of halogens is 2. The summed E-state index contributed by atoms with van der Waals surface area (Å²) < 4.78 is 0. The van der Waals surface area contributed by atoms with Gasteiger partial charge in [0.15, 0.2) is 0 Å². The summed E-state index contributed by atoms with van der Waals surface area (Å²) in [5, 5.41) is 0. The lowest BCUT2D eigenvalue weighted by atomic mass is 10.1. The summed E-state index contributed by atoms with van der Waals surface area (Å²) >= 11 is 7.08. The first-order chi connectivity index (χ1) is 3.80. The van der Waals surface area contributed by atoms with E-state index in [1.807, 2.05) is 0 Å². The molecule has 0 aliphatic heterocycles. The Balaban J connectivity index is 2.47. The van der Waals surface area contributed by atoms with Crippen molar-refractivity contribution < 1.29 is 0 Å². The lowest BCUT2D eigenvalue weighted by molar-refractivity contribution is 0.776. The standard InChI is InChI=1S/C6H8Br2/c7-5-3-1-2-4-6(5)8/h1,3,5-6H,2,4H2/t5-,6-/m0/s1. The van der Waals surface area contributed by atoms with Crippen molar-refractivity contribution in [2.24, 2.45) is 0 Å². The van der Waals surface area contributed by atoms with Crippen molar-refractivity contribution in [2.75, 3.05) is 0 Å². The Kier molecular flexibility index (Phi) is 2.57. The summed E-state index contributed by atoms with van der Waals surface area (Å²) in [5.41, 5.74) is 0. The lowest BCUT2D eigenvalue weighted by Gasteiger charge is -2.15. The van der Waals surface area contributed by atoms with Gasteiger partial charge in [0.05, 0.1) is 0 Å². The normalized spacial score (nSPS) is 37.8. The van der Waals surface area contributed by atoms with Gasteiger partial charge in [0.2, 0.25) is 0 Å². The molecule has 0 nitrogen and oxygen atoms in total. The summed E-state index contributed by atoms with van der Waals surface area (Å²) in [4.78, 5) is 1.20. The highest BCUT2D eigenvalue weighted by atomic mass is 79.9. The summed E-state index contributed by atoms with van der Waals surface area (Å²) in [5.74, 6) is 0. The molecule has 0 aromatic heterocycles. The molecule has 0 N–H and O–H groups in total. The van der Waals surface area contributed by atoms with Crippen molar-refractivity contribution in [3.8, 4) is 0 Å². The molecule has 0 amide bonds. The van der Waals surface area contributed by atoms with Crippen molar-refractivity contribution in [3.63, 3.8) is 0 Å². The van der Waals surface area contributed by atoms with Gasteiger partial charge >= 0.3 is 0 Å². The number of allylic oxidation sites excluding steroid dienone is 2. The maximum Gasteiger partial charge on any atom is 0.0450 e. The topological polar surface area (TPSA) is 0 Å². The molecule has 0 unspecified atom stereocenters. The lowest BCUT2D eigenvalue weighted by Crippen LogP contribution is -2.13. The molecule has 0 heterocycles. The Bertz CT molecular complexity index is 98.7. The highest BCUT2D eigenvalue weighted by molar-refractivity contribution is 9.12. The van der Waals surface area contributed by atoms with E-state index in [1.165, 1.54) is 12.8 Å². The molecule has 0 radical (unpaired) electrons. The van der Waals surface area contributed by atoms with Crippen LogP contribution in [-0.2, 0) is 0 Å². The third-order valence-corrected chi connectivity index (χ3v) is 3.95. The van der Waals surface area contributed by atoms with Crippen molar-refractivity contribution in [3.05, 3.63) is 12.2 Å². The van der Waals surface area contributed by atoms with Crippen LogP contribution in [0, 0.1) is 0 Å². The number of hydrogen-bond donors (Lipinski definition) is 0. The third kappa shape index (κ3) is 1.59. The fourth-order valence-corrected chi connectivity index (χ4v) is 1.68. The molecule has 0 bridgehead atoms. The molecule has 2 heteroatoms. The smallest absolute Gasteiger partial charge is 0.0450 e. The average molecular weight is 240 g/mol. The highest BCUT2D eigenvalue weighted by Crippen LogP contribution is 2.24. The van der Waals surface area contributed by atoms with Gasteiger partial charge in [-0.25, -0.2) is 0 Å². The van der Waals surface area contributed by atoms with Gasteiger partial charge in [-0.05, 0) is 12.8 Å². The fraction of sp³-hybridized carbons (Fsp3) is 0.667. The molecule has 1 rings (SSSR count). The first kappa shape index (κ1) is 6.81. The quantitative estimate of drug-likeness (QED) is 0.451. The molecule has 1 aliphatic carbocycles. The second kappa shape index (κ2) is 3.02. The van der Waals surface area contributed by atoms with Gasteiger partial charge < -0.3 is 0 Å². The van der Waals surface area contributed by atoms with Crippen LogP contribution in [0.15, 0.2) is 12.2 Å². The molecule has 0 saturated carbocycles. The Labute approximate surface area is 66.6 Å². The minimum absolute atomic E-state index is 0.552. The van der Waals surface area contributed by atoms with Crippen LogP contribution >= 0.6 is 31.9 Å². The zero-order valence-corrected chi connectivity index (χ0v) is 7.65. The van der Waals surface area contributed by atoms with Gasteiger partial charge in [-0.15, -0.1) is 0 Å². The highest BCUT2D eigenvalue weighted by Gasteiger charge is 2.14. The van der Waals surface area contributed by atoms with E-state index < -0.39 is 0 Å². The van der Waals surface area contributed by atoms with Crippen LogP contribution in [0.3, 0.4) is 0 Å². The molecule has 0 saturated heterocycles. The monoisotopic (exact) mass is 238 g/mol. The van der Waals surface area contributed by atoms with Crippen LogP contribution in [0.1, 0.15) is 12.8 Å². The maximum atomic E-state index is 3.56. The zero-order chi connectivity index (χ0) is 5.98. The zero-order valence-electron chi connectivity index (χ0n) is 4.48. The van der Waals surface area contributed by atoms with Crippen molar-refractivity contribution in [1.29, 1.82) is 0 Å².